The van der Waals surface area contributed by atoms with Gasteiger partial charge in [-0.05, 0) is 20.8 Å². The molecule has 3 unspecified atom stereocenters. The van der Waals surface area contributed by atoms with Gasteiger partial charge in [0.05, 0.1) is 18.7 Å². The molecule has 0 bridgehead atoms. The Kier molecular flexibility index (Phi) is 4.27. The van der Waals surface area contributed by atoms with Gasteiger partial charge < -0.3 is 19.6 Å². The lowest BCUT2D eigenvalue weighted by Gasteiger charge is -2.27. The molecule has 0 saturated carbocycles. The third kappa shape index (κ3) is 3.56. The highest BCUT2D eigenvalue weighted by Crippen LogP contribution is 2.26. The predicted octanol–water partition coefficient (Wildman–Crippen LogP) is 1.00. The lowest BCUT2D eigenvalue weighted by Crippen LogP contribution is -2.44. The van der Waals surface area contributed by atoms with Crippen molar-refractivity contribution in [2.45, 2.75) is 44.9 Å². The Labute approximate surface area is 125 Å². The quantitative estimate of drug-likeness (QED) is 0.772. The van der Waals surface area contributed by atoms with Crippen molar-refractivity contribution < 1.29 is 19.4 Å². The van der Waals surface area contributed by atoms with Crippen molar-refractivity contribution in [3.8, 4) is 0 Å². The number of amides is 2. The summed E-state index contributed by atoms with van der Waals surface area (Å²) in [5, 5.41) is 10.2. The molecule has 1 N–H and O–H groups in total. The van der Waals surface area contributed by atoms with E-state index in [9.17, 15) is 14.7 Å². The van der Waals surface area contributed by atoms with Crippen LogP contribution in [0.1, 0.15) is 27.2 Å². The molecule has 0 aliphatic carbocycles. The number of hydrogen-bond acceptors (Lipinski definition) is 4. The molecule has 6 heteroatoms. The second-order valence-electron chi connectivity index (χ2n) is 6.77. The highest BCUT2D eigenvalue weighted by atomic mass is 16.6. The molecule has 6 nitrogen and oxygen atoms in total. The minimum Gasteiger partial charge on any atom is -0.444 e. The number of carbonyl (C=O) groups excluding carboxylic acids is 2. The van der Waals surface area contributed by atoms with Crippen molar-refractivity contribution in [2.75, 3.05) is 19.6 Å². The maximum atomic E-state index is 12.0. The molecule has 0 spiro atoms. The van der Waals surface area contributed by atoms with Crippen LogP contribution in [0, 0.1) is 5.92 Å². The number of aliphatic hydroxyl groups excluding tert-OH is 1. The summed E-state index contributed by atoms with van der Waals surface area (Å²) in [6.45, 7) is 10.2. The molecule has 2 aliphatic heterocycles. The molecule has 0 aromatic heterocycles. The number of likely N-dealkylation sites (tertiary alicyclic amines) is 2. The maximum absolute atomic E-state index is 12.0. The van der Waals surface area contributed by atoms with Crippen LogP contribution in [-0.4, -0.2) is 64.3 Å². The highest BCUT2D eigenvalue weighted by Gasteiger charge is 2.43. The molecule has 0 aromatic carbocycles. The summed E-state index contributed by atoms with van der Waals surface area (Å²) in [7, 11) is 0. The van der Waals surface area contributed by atoms with Crippen molar-refractivity contribution in [1.29, 1.82) is 0 Å². The fourth-order valence-corrected chi connectivity index (χ4v) is 2.79. The Balaban J connectivity index is 2.00. The van der Waals surface area contributed by atoms with Crippen LogP contribution < -0.4 is 0 Å². The number of aliphatic hydroxyl groups is 1. The average Bonchev–Trinajstić information content (AvgIpc) is 2.90. The fourth-order valence-electron chi connectivity index (χ4n) is 2.79. The van der Waals surface area contributed by atoms with Crippen LogP contribution in [-0.2, 0) is 9.53 Å². The van der Waals surface area contributed by atoms with Crippen molar-refractivity contribution in [3.63, 3.8) is 0 Å². The summed E-state index contributed by atoms with van der Waals surface area (Å²) in [6, 6.07) is -0.352. The molecular weight excluding hydrogens is 272 g/mol. The Morgan fingerprint density at radius 2 is 2.05 bits per heavy atom. The number of hydrogen-bond donors (Lipinski definition) is 1. The SMILES string of the molecule is C=CC1CC(=O)N(C2CN(C(=O)OC(C)(C)C)CC2O)C1. The van der Waals surface area contributed by atoms with E-state index in [1.54, 1.807) is 31.7 Å². The van der Waals surface area contributed by atoms with Gasteiger partial charge in [-0.1, -0.05) is 6.08 Å². The van der Waals surface area contributed by atoms with Crippen molar-refractivity contribution in [2.24, 2.45) is 5.92 Å². The Bertz CT molecular complexity index is 443. The van der Waals surface area contributed by atoms with Gasteiger partial charge in [0.2, 0.25) is 5.91 Å². The lowest BCUT2D eigenvalue weighted by molar-refractivity contribution is -0.131. The van der Waals surface area contributed by atoms with Crippen LogP contribution in [0.4, 0.5) is 4.79 Å². The second kappa shape index (κ2) is 5.67. The average molecular weight is 296 g/mol. The van der Waals surface area contributed by atoms with Gasteiger partial charge in [-0.15, -0.1) is 6.58 Å². The number of rotatable bonds is 2. The van der Waals surface area contributed by atoms with E-state index in [-0.39, 0.29) is 24.4 Å². The summed E-state index contributed by atoms with van der Waals surface area (Å²) in [5.41, 5.74) is -0.572. The number of carbonyl (C=O) groups is 2. The predicted molar refractivity (Wildman–Crippen MR) is 77.6 cm³/mol. The standard InChI is InChI=1S/C15H24N2O4/c1-5-10-6-13(19)17(7-10)11-8-16(9-12(11)18)14(20)21-15(2,3)4/h5,10-12,18H,1,6-9H2,2-4H3. The fraction of sp³-hybridized carbons (Fsp3) is 0.733. The van der Waals surface area contributed by atoms with Gasteiger partial charge in [-0.3, -0.25) is 4.79 Å². The van der Waals surface area contributed by atoms with Crippen LogP contribution in [0.15, 0.2) is 12.7 Å². The van der Waals surface area contributed by atoms with Gasteiger partial charge in [0.1, 0.15) is 5.60 Å². The molecule has 118 valence electrons. The van der Waals surface area contributed by atoms with E-state index in [1.165, 1.54) is 4.90 Å². The van der Waals surface area contributed by atoms with E-state index in [0.29, 0.717) is 19.5 Å². The molecular formula is C15H24N2O4. The summed E-state index contributed by atoms with van der Waals surface area (Å²) in [6.07, 6.45) is 1.02. The minimum absolute atomic E-state index is 0.00925. The van der Waals surface area contributed by atoms with E-state index in [1.807, 2.05) is 0 Å². The zero-order valence-corrected chi connectivity index (χ0v) is 12.9. The minimum atomic E-state index is -0.731. The smallest absolute Gasteiger partial charge is 0.410 e. The first kappa shape index (κ1) is 15.8. The summed E-state index contributed by atoms with van der Waals surface area (Å²) in [5.74, 6) is 0.135. The van der Waals surface area contributed by atoms with E-state index in [4.69, 9.17) is 4.74 Å². The van der Waals surface area contributed by atoms with E-state index in [2.05, 4.69) is 6.58 Å². The molecule has 2 heterocycles. The summed E-state index contributed by atoms with van der Waals surface area (Å²) in [4.78, 5) is 27.2. The molecule has 2 amide bonds. The van der Waals surface area contributed by atoms with Crippen molar-refractivity contribution in [1.82, 2.24) is 9.80 Å². The first-order valence-corrected chi connectivity index (χ1v) is 7.29. The largest absolute Gasteiger partial charge is 0.444 e. The highest BCUT2D eigenvalue weighted by molar-refractivity contribution is 5.79. The normalized spacial score (nSPS) is 29.9. The van der Waals surface area contributed by atoms with Gasteiger partial charge in [-0.2, -0.15) is 0 Å². The second-order valence-corrected chi connectivity index (χ2v) is 6.77. The zero-order valence-electron chi connectivity index (χ0n) is 12.9. The topological polar surface area (TPSA) is 70.1 Å². The van der Waals surface area contributed by atoms with Crippen LogP contribution in [0.2, 0.25) is 0 Å². The summed E-state index contributed by atoms with van der Waals surface area (Å²) < 4.78 is 5.31. The number of ether oxygens (including phenoxy) is 1. The van der Waals surface area contributed by atoms with Gasteiger partial charge in [0.25, 0.3) is 0 Å². The van der Waals surface area contributed by atoms with Crippen molar-refractivity contribution in [3.05, 3.63) is 12.7 Å². The van der Waals surface area contributed by atoms with Gasteiger partial charge in [0.15, 0.2) is 0 Å². The first-order chi connectivity index (χ1) is 9.71. The molecule has 0 radical (unpaired) electrons. The van der Waals surface area contributed by atoms with Crippen LogP contribution in [0.5, 0.6) is 0 Å². The third-order valence-electron chi connectivity index (χ3n) is 3.83. The summed E-state index contributed by atoms with van der Waals surface area (Å²) >= 11 is 0. The molecule has 2 aliphatic rings. The maximum Gasteiger partial charge on any atom is 0.410 e. The Morgan fingerprint density at radius 1 is 1.38 bits per heavy atom. The molecule has 2 fully saturated rings. The van der Waals surface area contributed by atoms with E-state index >= 15 is 0 Å². The van der Waals surface area contributed by atoms with E-state index < -0.39 is 17.8 Å². The zero-order chi connectivity index (χ0) is 15.8. The first-order valence-electron chi connectivity index (χ1n) is 7.29. The molecule has 21 heavy (non-hydrogen) atoms. The van der Waals surface area contributed by atoms with Gasteiger partial charge in [0, 0.05) is 25.4 Å². The van der Waals surface area contributed by atoms with E-state index in [0.717, 1.165) is 0 Å². The van der Waals surface area contributed by atoms with Gasteiger partial charge >= 0.3 is 6.09 Å². The lowest BCUT2D eigenvalue weighted by atomic mass is 10.1. The molecule has 0 aromatic rings. The Morgan fingerprint density at radius 3 is 2.57 bits per heavy atom. The van der Waals surface area contributed by atoms with Crippen LogP contribution >= 0.6 is 0 Å². The Hall–Kier alpha value is -1.56. The van der Waals surface area contributed by atoms with Gasteiger partial charge in [-0.25, -0.2) is 4.79 Å². The van der Waals surface area contributed by atoms with Crippen LogP contribution in [0.25, 0.3) is 0 Å². The number of nitrogens with zero attached hydrogens (tertiary/aromatic N) is 2. The van der Waals surface area contributed by atoms with Crippen LogP contribution in [0.3, 0.4) is 0 Å². The molecule has 2 rings (SSSR count). The number of β-amino-alcohol motifs (C(OH)–C–C–N with tert-alkyl or cyclic N) is 1. The molecule has 3 atom stereocenters. The molecule has 2 saturated heterocycles. The van der Waals surface area contributed by atoms with Crippen molar-refractivity contribution >= 4 is 12.0 Å². The third-order valence-corrected chi connectivity index (χ3v) is 3.83. The monoisotopic (exact) mass is 296 g/mol.